The minimum absolute atomic E-state index is 0.0509. The van der Waals surface area contributed by atoms with E-state index in [1.54, 1.807) is 0 Å². The fourth-order valence-corrected chi connectivity index (χ4v) is 3.29. The van der Waals surface area contributed by atoms with Gasteiger partial charge < -0.3 is 9.73 Å². The van der Waals surface area contributed by atoms with E-state index in [0.29, 0.717) is 0 Å². The molecule has 3 heterocycles. The number of hydrogen-bond donors (Lipinski definition) is 1. The maximum Gasteiger partial charge on any atom is 0.128 e. The number of hydrogen-bond acceptors (Lipinski definition) is 3. The smallest absolute Gasteiger partial charge is 0.128 e. The van der Waals surface area contributed by atoms with Crippen molar-refractivity contribution in [3.8, 4) is 0 Å². The SMILES string of the molecule is CN1CC2(CC1(C)C)NCCc1ccoc12. The summed E-state index contributed by atoms with van der Waals surface area (Å²) in [5.74, 6) is 1.18. The zero-order valence-electron chi connectivity index (χ0n) is 10.3. The molecular formula is C13H20N2O. The number of nitrogens with one attached hydrogen (secondary N) is 1. The van der Waals surface area contributed by atoms with Crippen molar-refractivity contribution in [3.63, 3.8) is 0 Å². The highest BCUT2D eigenvalue weighted by Gasteiger charge is 2.51. The maximum atomic E-state index is 5.75. The van der Waals surface area contributed by atoms with Crippen LogP contribution in [0.2, 0.25) is 0 Å². The average Bonchev–Trinajstić information content (AvgIpc) is 2.73. The first-order valence-corrected chi connectivity index (χ1v) is 6.07. The molecule has 3 rings (SSSR count). The zero-order chi connectivity index (χ0) is 11.4. The second-order valence-corrected chi connectivity index (χ2v) is 5.88. The van der Waals surface area contributed by atoms with Crippen LogP contribution in [-0.2, 0) is 12.0 Å². The lowest BCUT2D eigenvalue weighted by atomic mass is 9.83. The summed E-state index contributed by atoms with van der Waals surface area (Å²) in [6.45, 7) is 6.72. The fraction of sp³-hybridized carbons (Fsp3) is 0.692. The zero-order valence-corrected chi connectivity index (χ0v) is 10.3. The largest absolute Gasteiger partial charge is 0.467 e. The van der Waals surface area contributed by atoms with Crippen LogP contribution in [0.5, 0.6) is 0 Å². The molecule has 0 amide bonds. The molecule has 0 radical (unpaired) electrons. The lowest BCUT2D eigenvalue weighted by Gasteiger charge is -2.33. The molecule has 88 valence electrons. The molecule has 0 aromatic carbocycles. The predicted octanol–water partition coefficient (Wildman–Crippen LogP) is 1.73. The minimum Gasteiger partial charge on any atom is -0.467 e. The molecular weight excluding hydrogens is 200 g/mol. The number of nitrogens with zero attached hydrogens (tertiary/aromatic N) is 1. The Bertz CT molecular complexity index is 410. The van der Waals surface area contributed by atoms with Gasteiger partial charge in [-0.15, -0.1) is 0 Å². The Kier molecular flexibility index (Phi) is 2.01. The summed E-state index contributed by atoms with van der Waals surface area (Å²) in [5, 5.41) is 3.69. The van der Waals surface area contributed by atoms with E-state index in [4.69, 9.17) is 4.42 Å². The van der Waals surface area contributed by atoms with Gasteiger partial charge in [0.1, 0.15) is 5.76 Å². The maximum absolute atomic E-state index is 5.75. The number of fused-ring (bicyclic) bond motifs is 2. The molecule has 1 aromatic rings. The van der Waals surface area contributed by atoms with E-state index in [9.17, 15) is 0 Å². The first kappa shape index (κ1) is 10.4. The highest BCUT2D eigenvalue weighted by Crippen LogP contribution is 2.43. The van der Waals surface area contributed by atoms with Crippen molar-refractivity contribution in [3.05, 3.63) is 23.7 Å². The van der Waals surface area contributed by atoms with E-state index in [1.165, 1.54) is 11.3 Å². The van der Waals surface area contributed by atoms with E-state index in [-0.39, 0.29) is 11.1 Å². The molecule has 1 unspecified atom stereocenters. The second-order valence-electron chi connectivity index (χ2n) is 5.88. The summed E-state index contributed by atoms with van der Waals surface area (Å²) in [7, 11) is 2.20. The van der Waals surface area contributed by atoms with Gasteiger partial charge in [0.25, 0.3) is 0 Å². The molecule has 1 N–H and O–H groups in total. The van der Waals surface area contributed by atoms with Crippen molar-refractivity contribution < 1.29 is 4.42 Å². The molecule has 0 aliphatic carbocycles. The number of furan rings is 1. The molecule has 16 heavy (non-hydrogen) atoms. The normalized spacial score (nSPS) is 33.2. The molecule has 1 saturated heterocycles. The van der Waals surface area contributed by atoms with Gasteiger partial charge >= 0.3 is 0 Å². The topological polar surface area (TPSA) is 28.4 Å². The van der Waals surface area contributed by atoms with E-state index in [1.807, 2.05) is 6.26 Å². The third kappa shape index (κ3) is 1.28. The second kappa shape index (κ2) is 3.11. The molecule has 1 spiro atoms. The van der Waals surface area contributed by atoms with E-state index in [2.05, 4.69) is 37.2 Å². The van der Waals surface area contributed by atoms with Crippen LogP contribution in [-0.4, -0.2) is 30.6 Å². The van der Waals surface area contributed by atoms with Crippen LogP contribution in [0, 0.1) is 0 Å². The standard InChI is InChI=1S/C13H20N2O/c1-12(2)8-13(9-15(12)3)11-10(4-6-14-13)5-7-16-11/h5,7,14H,4,6,8-9H2,1-3H3. The van der Waals surface area contributed by atoms with Crippen LogP contribution < -0.4 is 5.32 Å². The van der Waals surface area contributed by atoms with Crippen molar-refractivity contribution >= 4 is 0 Å². The first-order valence-electron chi connectivity index (χ1n) is 6.07. The molecule has 2 aliphatic heterocycles. The fourth-order valence-electron chi connectivity index (χ4n) is 3.29. The van der Waals surface area contributed by atoms with Gasteiger partial charge in [0.2, 0.25) is 0 Å². The Morgan fingerprint density at radius 3 is 2.94 bits per heavy atom. The van der Waals surface area contributed by atoms with E-state index in [0.717, 1.165) is 25.9 Å². The highest BCUT2D eigenvalue weighted by atomic mass is 16.3. The van der Waals surface area contributed by atoms with Crippen molar-refractivity contribution in [2.75, 3.05) is 20.1 Å². The van der Waals surface area contributed by atoms with Gasteiger partial charge in [0.15, 0.2) is 0 Å². The van der Waals surface area contributed by atoms with Gasteiger partial charge in [-0.3, -0.25) is 4.90 Å². The monoisotopic (exact) mass is 220 g/mol. The third-order valence-corrected chi connectivity index (χ3v) is 4.31. The summed E-state index contributed by atoms with van der Waals surface area (Å²) < 4.78 is 5.75. The third-order valence-electron chi connectivity index (χ3n) is 4.31. The van der Waals surface area contributed by atoms with Crippen molar-refractivity contribution in [2.45, 2.75) is 37.8 Å². The summed E-state index contributed by atoms with van der Waals surface area (Å²) in [6.07, 6.45) is 4.06. The van der Waals surface area contributed by atoms with Crippen molar-refractivity contribution in [1.82, 2.24) is 10.2 Å². The van der Waals surface area contributed by atoms with Crippen LogP contribution >= 0.6 is 0 Å². The quantitative estimate of drug-likeness (QED) is 0.722. The van der Waals surface area contributed by atoms with Crippen molar-refractivity contribution in [2.24, 2.45) is 0 Å². The van der Waals surface area contributed by atoms with Crippen LogP contribution in [0.3, 0.4) is 0 Å². The van der Waals surface area contributed by atoms with Gasteiger partial charge in [-0.1, -0.05) is 0 Å². The van der Waals surface area contributed by atoms with E-state index >= 15 is 0 Å². The van der Waals surface area contributed by atoms with Crippen LogP contribution in [0.1, 0.15) is 31.6 Å². The van der Waals surface area contributed by atoms with Crippen LogP contribution in [0.4, 0.5) is 0 Å². The lowest BCUT2D eigenvalue weighted by Crippen LogP contribution is -2.48. The Labute approximate surface area is 96.8 Å². The van der Waals surface area contributed by atoms with Gasteiger partial charge in [-0.25, -0.2) is 0 Å². The molecule has 1 atom stereocenters. The van der Waals surface area contributed by atoms with Crippen molar-refractivity contribution in [1.29, 1.82) is 0 Å². The van der Waals surface area contributed by atoms with Gasteiger partial charge in [0, 0.05) is 18.6 Å². The number of likely N-dealkylation sites (N-methyl/N-ethyl adjacent to an activating group) is 1. The molecule has 3 nitrogen and oxygen atoms in total. The number of rotatable bonds is 0. The Balaban J connectivity index is 2.04. The van der Waals surface area contributed by atoms with Gasteiger partial charge in [0.05, 0.1) is 11.8 Å². The lowest BCUT2D eigenvalue weighted by molar-refractivity contribution is 0.216. The minimum atomic E-state index is 0.0509. The highest BCUT2D eigenvalue weighted by molar-refractivity contribution is 5.31. The molecule has 0 bridgehead atoms. The number of likely N-dealkylation sites (tertiary alicyclic amines) is 1. The molecule has 1 fully saturated rings. The Hall–Kier alpha value is -0.800. The Morgan fingerprint density at radius 1 is 1.44 bits per heavy atom. The van der Waals surface area contributed by atoms with Crippen LogP contribution in [0.25, 0.3) is 0 Å². The summed E-state index contributed by atoms with van der Waals surface area (Å²) in [5.41, 5.74) is 1.69. The van der Waals surface area contributed by atoms with Gasteiger partial charge in [-0.2, -0.15) is 0 Å². The molecule has 3 heteroatoms. The predicted molar refractivity (Wildman–Crippen MR) is 63.4 cm³/mol. The summed E-state index contributed by atoms with van der Waals surface area (Å²) in [4.78, 5) is 2.43. The molecule has 0 saturated carbocycles. The first-order chi connectivity index (χ1) is 7.54. The van der Waals surface area contributed by atoms with Crippen LogP contribution in [0.15, 0.2) is 16.7 Å². The molecule has 1 aromatic heterocycles. The summed E-state index contributed by atoms with van der Waals surface area (Å²) >= 11 is 0. The Morgan fingerprint density at radius 2 is 2.25 bits per heavy atom. The average molecular weight is 220 g/mol. The summed E-state index contributed by atoms with van der Waals surface area (Å²) in [6, 6.07) is 2.13. The van der Waals surface area contributed by atoms with Gasteiger partial charge in [-0.05, 0) is 45.4 Å². The molecule has 2 aliphatic rings. The van der Waals surface area contributed by atoms with E-state index < -0.39 is 0 Å².